The summed E-state index contributed by atoms with van der Waals surface area (Å²) in [5.74, 6) is -0.343. The third kappa shape index (κ3) is 7.21. The van der Waals surface area contributed by atoms with Gasteiger partial charge in [0.1, 0.15) is 11.5 Å². The lowest BCUT2D eigenvalue weighted by Crippen LogP contribution is -2.38. The first-order valence-corrected chi connectivity index (χ1v) is 12.9. The number of benzene rings is 3. The van der Waals surface area contributed by atoms with Gasteiger partial charge in [-0.05, 0) is 72.9 Å². The summed E-state index contributed by atoms with van der Waals surface area (Å²) in [7, 11) is 0. The number of carboxylic acids is 1. The highest BCUT2D eigenvalue weighted by Crippen LogP contribution is 2.29. The Morgan fingerprint density at radius 1 is 0.806 bits per heavy atom. The van der Waals surface area contributed by atoms with Crippen molar-refractivity contribution in [2.75, 3.05) is 19.7 Å². The van der Waals surface area contributed by atoms with Gasteiger partial charge in [0.25, 0.3) is 5.91 Å². The SMILES string of the molecule is O=C(Cc1ccc(Sc2ccc(OCC(=O)N3CCCCC3)cc2)cc1)Cc1ccccc1C(=O)O. The van der Waals surface area contributed by atoms with Gasteiger partial charge < -0.3 is 14.7 Å². The van der Waals surface area contributed by atoms with E-state index in [1.54, 1.807) is 30.0 Å². The Labute approximate surface area is 215 Å². The van der Waals surface area contributed by atoms with Crippen molar-refractivity contribution < 1.29 is 24.2 Å². The standard InChI is InChI=1S/C29H29NO5S/c31-23(19-22-6-2-3-7-27(22)29(33)34)18-21-8-12-25(13-9-21)36-26-14-10-24(11-15-26)35-20-28(32)30-16-4-1-5-17-30/h2-3,6-15H,1,4-5,16-20H2,(H,33,34). The molecule has 0 atom stereocenters. The van der Waals surface area contributed by atoms with E-state index in [0.29, 0.717) is 11.3 Å². The molecule has 1 N–H and O–H groups in total. The second-order valence-electron chi connectivity index (χ2n) is 8.80. The molecule has 1 amide bonds. The molecule has 4 rings (SSSR count). The third-order valence-corrected chi connectivity index (χ3v) is 7.11. The molecule has 6 nitrogen and oxygen atoms in total. The molecule has 0 saturated carbocycles. The van der Waals surface area contributed by atoms with E-state index in [9.17, 15) is 19.5 Å². The largest absolute Gasteiger partial charge is 0.484 e. The number of hydrogen-bond donors (Lipinski definition) is 1. The molecule has 1 saturated heterocycles. The summed E-state index contributed by atoms with van der Waals surface area (Å²) >= 11 is 1.60. The van der Waals surface area contributed by atoms with E-state index in [-0.39, 0.29) is 36.7 Å². The van der Waals surface area contributed by atoms with Crippen molar-refractivity contribution in [1.82, 2.24) is 4.90 Å². The van der Waals surface area contributed by atoms with E-state index < -0.39 is 5.97 Å². The van der Waals surface area contributed by atoms with Crippen LogP contribution in [-0.4, -0.2) is 47.4 Å². The summed E-state index contributed by atoms with van der Waals surface area (Å²) in [4.78, 5) is 40.1. The Kier molecular flexibility index (Phi) is 8.79. The fourth-order valence-corrected chi connectivity index (χ4v) is 5.00. The minimum Gasteiger partial charge on any atom is -0.484 e. The zero-order valence-electron chi connectivity index (χ0n) is 20.0. The lowest BCUT2D eigenvalue weighted by atomic mass is 9.99. The van der Waals surface area contributed by atoms with Crippen molar-refractivity contribution in [3.05, 3.63) is 89.5 Å². The number of ketones is 1. The highest BCUT2D eigenvalue weighted by Gasteiger charge is 2.17. The molecular weight excluding hydrogens is 474 g/mol. The Hall–Kier alpha value is -3.58. The fourth-order valence-electron chi connectivity index (χ4n) is 4.18. The number of rotatable bonds is 10. The first kappa shape index (κ1) is 25.5. The normalized spacial score (nSPS) is 13.3. The Morgan fingerprint density at radius 2 is 1.44 bits per heavy atom. The van der Waals surface area contributed by atoms with Gasteiger partial charge in [-0.2, -0.15) is 0 Å². The van der Waals surface area contributed by atoms with Gasteiger partial charge in [-0.1, -0.05) is 42.1 Å². The number of ether oxygens (including phenoxy) is 1. The molecule has 0 radical (unpaired) electrons. The molecule has 7 heteroatoms. The van der Waals surface area contributed by atoms with E-state index in [0.717, 1.165) is 41.3 Å². The second-order valence-corrected chi connectivity index (χ2v) is 9.95. The molecular formula is C29H29NO5S. The molecule has 1 aliphatic heterocycles. The number of amides is 1. The van der Waals surface area contributed by atoms with Gasteiger partial charge in [0.05, 0.1) is 5.56 Å². The molecule has 186 valence electrons. The van der Waals surface area contributed by atoms with Crippen LogP contribution in [0.3, 0.4) is 0 Å². The van der Waals surface area contributed by atoms with E-state index in [1.807, 2.05) is 53.4 Å². The van der Waals surface area contributed by atoms with Crippen LogP contribution < -0.4 is 4.74 Å². The quantitative estimate of drug-likeness (QED) is 0.405. The second kappa shape index (κ2) is 12.4. The van der Waals surface area contributed by atoms with Crippen LogP contribution in [0.15, 0.2) is 82.6 Å². The monoisotopic (exact) mass is 503 g/mol. The first-order valence-electron chi connectivity index (χ1n) is 12.1. The molecule has 36 heavy (non-hydrogen) atoms. The van der Waals surface area contributed by atoms with Crippen molar-refractivity contribution in [2.24, 2.45) is 0 Å². The van der Waals surface area contributed by atoms with E-state index in [2.05, 4.69) is 0 Å². The van der Waals surface area contributed by atoms with Crippen LogP contribution >= 0.6 is 11.8 Å². The van der Waals surface area contributed by atoms with Gasteiger partial charge in [-0.3, -0.25) is 9.59 Å². The van der Waals surface area contributed by atoms with Crippen LogP contribution in [0.1, 0.15) is 40.7 Å². The number of Topliss-reactive ketones (excluding diaryl/α,β-unsaturated/α-hetero) is 1. The van der Waals surface area contributed by atoms with Crippen LogP contribution in [0.25, 0.3) is 0 Å². The molecule has 3 aromatic carbocycles. The van der Waals surface area contributed by atoms with Gasteiger partial charge >= 0.3 is 5.97 Å². The third-order valence-electron chi connectivity index (χ3n) is 6.09. The average molecular weight is 504 g/mol. The minimum absolute atomic E-state index is 0.0292. The van der Waals surface area contributed by atoms with E-state index in [4.69, 9.17) is 4.74 Å². The van der Waals surface area contributed by atoms with Crippen molar-refractivity contribution in [2.45, 2.75) is 41.9 Å². The van der Waals surface area contributed by atoms with Gasteiger partial charge in [0.2, 0.25) is 0 Å². The van der Waals surface area contributed by atoms with Crippen LogP contribution in [0.5, 0.6) is 5.75 Å². The molecule has 0 unspecified atom stereocenters. The lowest BCUT2D eigenvalue weighted by Gasteiger charge is -2.26. The molecule has 1 fully saturated rings. The molecule has 0 bridgehead atoms. The number of aromatic carboxylic acids is 1. The zero-order valence-corrected chi connectivity index (χ0v) is 20.8. The molecule has 0 aliphatic carbocycles. The van der Waals surface area contributed by atoms with Gasteiger partial charge in [0.15, 0.2) is 6.61 Å². The van der Waals surface area contributed by atoms with Crippen LogP contribution in [0.2, 0.25) is 0 Å². The maximum atomic E-state index is 12.5. The number of carbonyl (C=O) groups excluding carboxylic acids is 2. The summed E-state index contributed by atoms with van der Waals surface area (Å²) in [6, 6.07) is 22.1. The van der Waals surface area contributed by atoms with Gasteiger partial charge in [-0.25, -0.2) is 4.79 Å². The minimum atomic E-state index is -1.02. The van der Waals surface area contributed by atoms with Crippen LogP contribution in [-0.2, 0) is 22.4 Å². The first-order chi connectivity index (χ1) is 17.5. The maximum absolute atomic E-state index is 12.5. The molecule has 3 aromatic rings. The van der Waals surface area contributed by atoms with Gasteiger partial charge in [0, 0.05) is 35.7 Å². The van der Waals surface area contributed by atoms with Crippen LogP contribution in [0, 0.1) is 0 Å². The Balaban J connectivity index is 1.26. The molecule has 0 spiro atoms. The summed E-state index contributed by atoms with van der Waals surface area (Å²) in [6.45, 7) is 1.71. The Morgan fingerprint density at radius 3 is 2.11 bits per heavy atom. The molecule has 1 aliphatic rings. The zero-order chi connectivity index (χ0) is 25.3. The summed E-state index contributed by atoms with van der Waals surface area (Å²) in [5, 5.41) is 9.30. The Bertz CT molecular complexity index is 1200. The topological polar surface area (TPSA) is 83.9 Å². The fraction of sp³-hybridized carbons (Fsp3) is 0.276. The van der Waals surface area contributed by atoms with Crippen molar-refractivity contribution in [1.29, 1.82) is 0 Å². The number of hydrogen-bond acceptors (Lipinski definition) is 5. The number of likely N-dealkylation sites (tertiary alicyclic amines) is 1. The number of nitrogens with zero attached hydrogens (tertiary/aromatic N) is 1. The maximum Gasteiger partial charge on any atom is 0.335 e. The van der Waals surface area contributed by atoms with E-state index >= 15 is 0 Å². The molecule has 0 aromatic heterocycles. The van der Waals surface area contributed by atoms with E-state index in [1.165, 1.54) is 12.5 Å². The summed E-state index contributed by atoms with van der Waals surface area (Å²) in [5.41, 5.74) is 1.59. The smallest absolute Gasteiger partial charge is 0.335 e. The average Bonchev–Trinajstić information content (AvgIpc) is 2.90. The summed E-state index contributed by atoms with van der Waals surface area (Å²) in [6.07, 6.45) is 3.67. The summed E-state index contributed by atoms with van der Waals surface area (Å²) < 4.78 is 5.68. The van der Waals surface area contributed by atoms with Crippen molar-refractivity contribution in [3.63, 3.8) is 0 Å². The highest BCUT2D eigenvalue weighted by molar-refractivity contribution is 7.99. The number of carboxylic acid groups (broad SMARTS) is 1. The van der Waals surface area contributed by atoms with Crippen molar-refractivity contribution >= 4 is 29.4 Å². The predicted molar refractivity (Wildman–Crippen MR) is 139 cm³/mol. The van der Waals surface area contributed by atoms with Crippen LogP contribution in [0.4, 0.5) is 0 Å². The van der Waals surface area contributed by atoms with Crippen molar-refractivity contribution in [3.8, 4) is 5.75 Å². The predicted octanol–water partition coefficient (Wildman–Crippen LogP) is 5.28. The number of piperidine rings is 1. The van der Waals surface area contributed by atoms with Gasteiger partial charge in [-0.15, -0.1) is 0 Å². The highest BCUT2D eigenvalue weighted by atomic mass is 32.2. The number of carbonyl (C=O) groups is 3. The molecule has 1 heterocycles. The lowest BCUT2D eigenvalue weighted by molar-refractivity contribution is -0.134.